The van der Waals surface area contributed by atoms with Gasteiger partial charge in [-0.05, 0) is 18.8 Å². The maximum Gasteiger partial charge on any atom is 0.228 e. The third-order valence-electron chi connectivity index (χ3n) is 3.11. The molecule has 1 aliphatic heterocycles. The summed E-state index contributed by atoms with van der Waals surface area (Å²) in [6.07, 6.45) is 2.81. The van der Waals surface area contributed by atoms with Crippen molar-refractivity contribution >= 4 is 22.4 Å². The molecular formula is C12H19N3OS. The smallest absolute Gasteiger partial charge is 0.228 e. The minimum absolute atomic E-state index is 0.213. The van der Waals surface area contributed by atoms with Crippen molar-refractivity contribution < 1.29 is 4.79 Å². The van der Waals surface area contributed by atoms with Crippen LogP contribution in [0.2, 0.25) is 0 Å². The number of rotatable bonds is 3. The van der Waals surface area contributed by atoms with Crippen LogP contribution >= 0.6 is 11.3 Å². The predicted molar refractivity (Wildman–Crippen MR) is 70.3 cm³/mol. The number of nitrogens with one attached hydrogen (secondary N) is 1. The van der Waals surface area contributed by atoms with E-state index < -0.39 is 0 Å². The zero-order valence-electron chi connectivity index (χ0n) is 10.4. The standard InChI is InChI=1S/C12H19N3OS/c1-9-4-3-5-15(7-9)11(16)6-10-8-17-12(13-2)14-10/h8-9H,3-7H2,1-2H3,(H,13,14). The fraction of sp³-hybridized carbons (Fsp3) is 0.667. The van der Waals surface area contributed by atoms with Gasteiger partial charge in [0.1, 0.15) is 0 Å². The lowest BCUT2D eigenvalue weighted by Crippen LogP contribution is -2.39. The van der Waals surface area contributed by atoms with Gasteiger partial charge < -0.3 is 10.2 Å². The van der Waals surface area contributed by atoms with Crippen molar-refractivity contribution in [2.24, 2.45) is 5.92 Å². The van der Waals surface area contributed by atoms with Gasteiger partial charge in [-0.1, -0.05) is 6.92 Å². The summed E-state index contributed by atoms with van der Waals surface area (Å²) in [7, 11) is 1.84. The first-order valence-corrected chi connectivity index (χ1v) is 6.97. The zero-order valence-corrected chi connectivity index (χ0v) is 11.2. The highest BCUT2D eigenvalue weighted by atomic mass is 32.1. The quantitative estimate of drug-likeness (QED) is 0.896. The van der Waals surface area contributed by atoms with Gasteiger partial charge >= 0.3 is 0 Å². The maximum atomic E-state index is 12.1. The molecule has 1 aliphatic rings. The van der Waals surface area contributed by atoms with Crippen LogP contribution in [0.4, 0.5) is 5.13 Å². The molecule has 1 aromatic rings. The Labute approximate surface area is 106 Å². The SMILES string of the molecule is CNc1nc(CC(=O)N2CCCC(C)C2)cs1. The van der Waals surface area contributed by atoms with Crippen LogP contribution in [0.1, 0.15) is 25.5 Å². The first-order chi connectivity index (χ1) is 8.19. The van der Waals surface area contributed by atoms with Gasteiger partial charge in [-0.3, -0.25) is 4.79 Å². The van der Waals surface area contributed by atoms with E-state index in [1.807, 2.05) is 17.3 Å². The van der Waals surface area contributed by atoms with E-state index in [4.69, 9.17) is 0 Å². The molecule has 0 saturated carbocycles. The Morgan fingerprint density at radius 1 is 1.71 bits per heavy atom. The van der Waals surface area contributed by atoms with Gasteiger partial charge in [0.2, 0.25) is 5.91 Å². The van der Waals surface area contributed by atoms with E-state index >= 15 is 0 Å². The van der Waals surface area contributed by atoms with Crippen LogP contribution in [0.5, 0.6) is 0 Å². The Hall–Kier alpha value is -1.10. The second kappa shape index (κ2) is 5.49. The molecule has 94 valence electrons. The lowest BCUT2D eigenvalue weighted by Gasteiger charge is -2.30. The number of amides is 1. The maximum absolute atomic E-state index is 12.1. The molecule has 2 heterocycles. The molecule has 4 nitrogen and oxygen atoms in total. The van der Waals surface area contributed by atoms with Crippen molar-refractivity contribution in [2.45, 2.75) is 26.2 Å². The van der Waals surface area contributed by atoms with Gasteiger partial charge in [0.25, 0.3) is 0 Å². The van der Waals surface area contributed by atoms with E-state index in [9.17, 15) is 4.79 Å². The number of carbonyl (C=O) groups is 1. The van der Waals surface area contributed by atoms with Crippen molar-refractivity contribution in [1.29, 1.82) is 0 Å². The molecule has 2 rings (SSSR count). The molecule has 0 spiro atoms. The normalized spacial score (nSPS) is 20.4. The first-order valence-electron chi connectivity index (χ1n) is 6.09. The minimum Gasteiger partial charge on any atom is -0.365 e. The van der Waals surface area contributed by atoms with Crippen LogP contribution in [-0.4, -0.2) is 35.9 Å². The molecule has 17 heavy (non-hydrogen) atoms. The van der Waals surface area contributed by atoms with Crippen molar-refractivity contribution in [3.8, 4) is 0 Å². The molecular weight excluding hydrogens is 234 g/mol. The summed E-state index contributed by atoms with van der Waals surface area (Å²) in [5, 5.41) is 5.82. The lowest BCUT2D eigenvalue weighted by molar-refractivity contribution is -0.132. The molecule has 1 fully saturated rings. The molecule has 1 saturated heterocycles. The van der Waals surface area contributed by atoms with Gasteiger partial charge in [-0.2, -0.15) is 0 Å². The number of piperidine rings is 1. The number of nitrogens with zero attached hydrogens (tertiary/aromatic N) is 2. The summed E-state index contributed by atoms with van der Waals surface area (Å²) < 4.78 is 0. The van der Waals surface area contributed by atoms with Gasteiger partial charge in [0.05, 0.1) is 12.1 Å². The van der Waals surface area contributed by atoms with E-state index in [-0.39, 0.29) is 5.91 Å². The highest BCUT2D eigenvalue weighted by Crippen LogP contribution is 2.18. The van der Waals surface area contributed by atoms with Crippen LogP contribution in [0.15, 0.2) is 5.38 Å². The Morgan fingerprint density at radius 2 is 2.53 bits per heavy atom. The Bertz CT molecular complexity index is 391. The predicted octanol–water partition coefficient (Wildman–Crippen LogP) is 1.99. The Balaban J connectivity index is 1.91. The lowest BCUT2D eigenvalue weighted by atomic mass is 10.00. The monoisotopic (exact) mass is 253 g/mol. The minimum atomic E-state index is 0.213. The van der Waals surface area contributed by atoms with E-state index in [0.717, 1.165) is 30.3 Å². The summed E-state index contributed by atoms with van der Waals surface area (Å²) in [6.45, 7) is 4.02. The molecule has 5 heteroatoms. The van der Waals surface area contributed by atoms with Crippen molar-refractivity contribution in [1.82, 2.24) is 9.88 Å². The summed E-state index contributed by atoms with van der Waals surface area (Å²) >= 11 is 1.55. The van der Waals surface area contributed by atoms with Crippen molar-refractivity contribution in [3.63, 3.8) is 0 Å². The highest BCUT2D eigenvalue weighted by Gasteiger charge is 2.21. The van der Waals surface area contributed by atoms with Gasteiger partial charge in [-0.15, -0.1) is 11.3 Å². The Kier molecular flexibility index (Phi) is 3.99. The van der Waals surface area contributed by atoms with Gasteiger partial charge in [0.15, 0.2) is 5.13 Å². The number of carbonyl (C=O) groups excluding carboxylic acids is 1. The summed E-state index contributed by atoms with van der Waals surface area (Å²) in [5.74, 6) is 0.848. The Morgan fingerprint density at radius 3 is 3.18 bits per heavy atom. The highest BCUT2D eigenvalue weighted by molar-refractivity contribution is 7.13. The van der Waals surface area contributed by atoms with Crippen LogP contribution in [0.25, 0.3) is 0 Å². The summed E-state index contributed by atoms with van der Waals surface area (Å²) in [6, 6.07) is 0. The van der Waals surface area contributed by atoms with E-state index in [2.05, 4.69) is 17.2 Å². The average Bonchev–Trinajstić information content (AvgIpc) is 2.77. The molecule has 1 amide bonds. The van der Waals surface area contributed by atoms with Crippen LogP contribution in [0.3, 0.4) is 0 Å². The number of anilines is 1. The third kappa shape index (κ3) is 3.19. The van der Waals surface area contributed by atoms with Crippen molar-refractivity contribution in [3.05, 3.63) is 11.1 Å². The largest absolute Gasteiger partial charge is 0.365 e. The molecule has 0 radical (unpaired) electrons. The van der Waals surface area contributed by atoms with Crippen LogP contribution in [0, 0.1) is 5.92 Å². The zero-order chi connectivity index (χ0) is 12.3. The fourth-order valence-electron chi connectivity index (χ4n) is 2.19. The average molecular weight is 253 g/mol. The van der Waals surface area contributed by atoms with Gasteiger partial charge in [-0.25, -0.2) is 4.98 Å². The number of thiazole rings is 1. The third-order valence-corrected chi connectivity index (χ3v) is 4.02. The molecule has 1 aromatic heterocycles. The molecule has 1 N–H and O–H groups in total. The van der Waals surface area contributed by atoms with Crippen LogP contribution in [-0.2, 0) is 11.2 Å². The second-order valence-corrected chi connectivity index (χ2v) is 5.52. The topological polar surface area (TPSA) is 45.2 Å². The number of aromatic nitrogens is 1. The van der Waals surface area contributed by atoms with Crippen LogP contribution < -0.4 is 5.32 Å². The number of hydrogen-bond donors (Lipinski definition) is 1. The molecule has 0 aliphatic carbocycles. The number of likely N-dealkylation sites (tertiary alicyclic amines) is 1. The summed E-state index contributed by atoms with van der Waals surface area (Å²) in [4.78, 5) is 18.4. The van der Waals surface area contributed by atoms with Crippen molar-refractivity contribution in [2.75, 3.05) is 25.5 Å². The van der Waals surface area contributed by atoms with Gasteiger partial charge in [0, 0.05) is 25.5 Å². The summed E-state index contributed by atoms with van der Waals surface area (Å²) in [5.41, 5.74) is 0.877. The van der Waals surface area contributed by atoms with E-state index in [1.54, 1.807) is 11.3 Å². The molecule has 1 unspecified atom stereocenters. The second-order valence-electron chi connectivity index (χ2n) is 4.66. The van der Waals surface area contributed by atoms with E-state index in [1.165, 1.54) is 6.42 Å². The number of hydrogen-bond acceptors (Lipinski definition) is 4. The molecule has 1 atom stereocenters. The molecule has 0 bridgehead atoms. The fourth-order valence-corrected chi connectivity index (χ4v) is 2.86. The first kappa shape index (κ1) is 12.4. The molecule has 0 aromatic carbocycles. The van der Waals surface area contributed by atoms with E-state index in [0.29, 0.717) is 12.3 Å².